The summed E-state index contributed by atoms with van der Waals surface area (Å²) < 4.78 is 0. The van der Waals surface area contributed by atoms with E-state index in [1.807, 2.05) is 0 Å². The molecule has 0 spiro atoms. The maximum Gasteiger partial charge on any atom is 2.00 e. The summed E-state index contributed by atoms with van der Waals surface area (Å²) >= 11 is 0. The normalized spacial score (nSPS) is 0. The van der Waals surface area contributed by atoms with Gasteiger partial charge >= 0.3 is 45.5 Å². The summed E-state index contributed by atoms with van der Waals surface area (Å²) in [7, 11) is 0. The molecule has 0 saturated carbocycles. The SMILES string of the molecule is O.[AlH3].[H-].[H-].[Sr+2].[Tl]. The minimum absolute atomic E-state index is 0. The summed E-state index contributed by atoms with van der Waals surface area (Å²) in [5, 5.41) is 0. The Balaban J connectivity index is 0. The van der Waals surface area contributed by atoms with Gasteiger partial charge in [-0.1, -0.05) is 0 Å². The summed E-state index contributed by atoms with van der Waals surface area (Å²) in [6.07, 6.45) is 0. The van der Waals surface area contributed by atoms with E-state index in [4.69, 9.17) is 0 Å². The zero-order valence-corrected chi connectivity index (χ0v) is 9.75. The Morgan fingerprint density at radius 1 is 1.25 bits per heavy atom. The Morgan fingerprint density at radius 3 is 1.25 bits per heavy atom. The minimum atomic E-state index is 0. The summed E-state index contributed by atoms with van der Waals surface area (Å²) in [6, 6.07) is 0. The van der Waals surface area contributed by atoms with E-state index in [0.29, 0.717) is 0 Å². The van der Waals surface area contributed by atoms with Crippen LogP contribution in [-0.2, 0) is 0 Å². The molecule has 0 aliphatic heterocycles. The quantitative estimate of drug-likeness (QED) is 0.435. The van der Waals surface area contributed by atoms with E-state index < -0.39 is 0 Å². The summed E-state index contributed by atoms with van der Waals surface area (Å²) in [4.78, 5) is 0. The third kappa shape index (κ3) is 8.86. The fourth-order valence-electron chi connectivity index (χ4n) is 0. The average Bonchev–Trinajstić information content (AvgIpc) is 0. The number of hydrogen-bond acceptors (Lipinski definition) is 0. The van der Waals surface area contributed by atoms with Crippen LogP contribution >= 0.6 is 0 Å². The van der Waals surface area contributed by atoms with E-state index in [-0.39, 0.29) is 98.5 Å². The van der Waals surface area contributed by atoms with Gasteiger partial charge < -0.3 is 8.33 Å². The molecule has 0 aromatic heterocycles. The maximum atomic E-state index is 0. The first kappa shape index (κ1) is 28.6. The van der Waals surface area contributed by atoms with E-state index >= 15 is 0 Å². The Labute approximate surface area is 96.4 Å². The first-order chi connectivity index (χ1) is 0. The standard InChI is InChI=1S/Al.H2O.Sr.Tl.5H/h;1H2;;;;;;;/q;;+2;;;;;2*-1. The molecule has 0 saturated heterocycles. The van der Waals surface area contributed by atoms with Gasteiger partial charge in [0.1, 0.15) is 0 Å². The molecule has 0 aliphatic carbocycles. The Morgan fingerprint density at radius 2 is 1.25 bits per heavy atom. The molecule has 1 nitrogen and oxygen atoms in total. The minimum Gasteiger partial charge on any atom is -1.00 e. The van der Waals surface area contributed by atoms with Crippen LogP contribution in [0.15, 0.2) is 0 Å². The van der Waals surface area contributed by atoms with Gasteiger partial charge in [0.2, 0.25) is 0 Å². The molecule has 0 amide bonds. The number of hydrogen-bond donors (Lipinski definition) is 0. The zero-order chi connectivity index (χ0) is 0. The van der Waals surface area contributed by atoms with Crippen LogP contribution in [0.1, 0.15) is 2.85 Å². The predicted molar refractivity (Wildman–Crippen MR) is 27.3 cm³/mol. The molecule has 1 radical (unpaired) electrons. The van der Waals surface area contributed by atoms with Crippen molar-refractivity contribution in [2.24, 2.45) is 0 Å². The van der Waals surface area contributed by atoms with Gasteiger partial charge in [-0.05, 0) is 0 Å². The van der Waals surface area contributed by atoms with Crippen LogP contribution < -0.4 is 0 Å². The topological polar surface area (TPSA) is 31.5 Å². The molecule has 0 atom stereocenters. The van der Waals surface area contributed by atoms with Crippen molar-refractivity contribution in [3.8, 4) is 0 Å². The van der Waals surface area contributed by atoms with Crippen molar-refractivity contribution in [2.75, 3.05) is 0 Å². The van der Waals surface area contributed by atoms with Crippen molar-refractivity contribution < 1.29 is 8.33 Å². The largest absolute Gasteiger partial charge is 2.00 e. The van der Waals surface area contributed by atoms with E-state index in [9.17, 15) is 0 Å². The van der Waals surface area contributed by atoms with Gasteiger partial charge in [-0.2, -0.15) is 0 Å². The fourth-order valence-corrected chi connectivity index (χ4v) is 0. The number of rotatable bonds is 0. The van der Waals surface area contributed by atoms with Gasteiger partial charge in [0.15, 0.2) is 17.4 Å². The molecule has 0 fully saturated rings. The molecule has 0 aliphatic rings. The molecule has 0 heterocycles. The van der Waals surface area contributed by atoms with Crippen molar-refractivity contribution in [3.05, 3.63) is 0 Å². The second kappa shape index (κ2) is 16.9. The molecule has 0 rings (SSSR count). The smallest absolute Gasteiger partial charge is 1.00 e. The molecule has 4 heavy (non-hydrogen) atoms. The van der Waals surface area contributed by atoms with Crippen molar-refractivity contribution in [1.29, 1.82) is 0 Å². The summed E-state index contributed by atoms with van der Waals surface area (Å²) in [5.74, 6) is 0. The third-order valence-corrected chi connectivity index (χ3v) is 0. The van der Waals surface area contributed by atoms with Gasteiger partial charge in [0, 0.05) is 27.3 Å². The zero-order valence-electron chi connectivity index (χ0n) is 3.78. The maximum absolute atomic E-state index is 0. The van der Waals surface area contributed by atoms with Gasteiger partial charge in [-0.3, -0.25) is 0 Å². The Bertz CT molecular complexity index is 13.5. The first-order valence-corrected chi connectivity index (χ1v) is 0. The molecule has 2 N–H and O–H groups in total. The van der Waals surface area contributed by atoms with Crippen LogP contribution in [0.5, 0.6) is 0 Å². The average molecular weight is 342 g/mol. The predicted octanol–water partition coefficient (Wildman–Crippen LogP) is -2.55. The van der Waals surface area contributed by atoms with Crippen LogP contribution in [0.2, 0.25) is 0 Å². The van der Waals surface area contributed by atoms with E-state index in [1.165, 1.54) is 0 Å². The molecule has 0 aromatic rings. The van der Waals surface area contributed by atoms with Gasteiger partial charge in [-0.25, -0.2) is 0 Å². The molecular formula is H7AlOSrTl. The van der Waals surface area contributed by atoms with Crippen LogP contribution in [0.4, 0.5) is 0 Å². The van der Waals surface area contributed by atoms with Gasteiger partial charge in [0.05, 0.1) is 0 Å². The second-order valence-corrected chi connectivity index (χ2v) is 0. The van der Waals surface area contributed by atoms with Crippen molar-refractivity contribution in [3.63, 3.8) is 0 Å². The van der Waals surface area contributed by atoms with Crippen molar-refractivity contribution >= 4 is 90.1 Å². The molecule has 21 valence electrons. The van der Waals surface area contributed by atoms with Crippen LogP contribution in [-0.4, -0.2) is 95.6 Å². The van der Waals surface area contributed by atoms with Crippen LogP contribution in [0.3, 0.4) is 0 Å². The Kier molecular flexibility index (Phi) is 120. The summed E-state index contributed by atoms with van der Waals surface area (Å²) in [6.45, 7) is 0. The van der Waals surface area contributed by atoms with Crippen molar-refractivity contribution in [2.45, 2.75) is 0 Å². The van der Waals surface area contributed by atoms with Crippen LogP contribution in [0, 0.1) is 0 Å². The summed E-state index contributed by atoms with van der Waals surface area (Å²) in [5.41, 5.74) is 0. The van der Waals surface area contributed by atoms with Crippen LogP contribution in [0.25, 0.3) is 0 Å². The second-order valence-electron chi connectivity index (χ2n) is 0. The molecular weight excluding hydrogens is 335 g/mol. The van der Waals surface area contributed by atoms with Gasteiger partial charge in [-0.15, -0.1) is 0 Å². The van der Waals surface area contributed by atoms with E-state index in [1.54, 1.807) is 0 Å². The molecule has 0 aromatic carbocycles. The monoisotopic (exact) mass is 343 g/mol. The van der Waals surface area contributed by atoms with E-state index in [2.05, 4.69) is 0 Å². The first-order valence-electron chi connectivity index (χ1n) is 0. The molecule has 0 bridgehead atoms. The third-order valence-electron chi connectivity index (χ3n) is 0. The molecule has 4 heteroatoms. The molecule has 0 unspecified atom stereocenters. The fraction of sp³-hybridized carbons (Fsp3) is 0. The van der Waals surface area contributed by atoms with E-state index in [0.717, 1.165) is 0 Å². The van der Waals surface area contributed by atoms with Gasteiger partial charge in [0.25, 0.3) is 0 Å². The Hall–Kier alpha value is 2.90. The van der Waals surface area contributed by atoms with Crippen molar-refractivity contribution in [1.82, 2.24) is 0 Å².